The first-order valence-electron chi connectivity index (χ1n) is 8.11. The van der Waals surface area contributed by atoms with Gasteiger partial charge in [-0.2, -0.15) is 0 Å². The predicted octanol–water partition coefficient (Wildman–Crippen LogP) is 2.92. The quantitative estimate of drug-likeness (QED) is 0.342. The summed E-state index contributed by atoms with van der Waals surface area (Å²) in [5, 5.41) is 14.9. The Hall–Kier alpha value is -2.87. The monoisotopic (exact) mass is 394 g/mol. The highest BCUT2D eigenvalue weighted by Crippen LogP contribution is 2.41. The number of benzene rings is 1. The fourth-order valence-corrected chi connectivity index (χ4v) is 3.15. The van der Waals surface area contributed by atoms with Crippen molar-refractivity contribution in [2.24, 2.45) is 0 Å². The van der Waals surface area contributed by atoms with E-state index in [-0.39, 0.29) is 24.5 Å². The highest BCUT2D eigenvalue weighted by molar-refractivity contribution is 6.31. The minimum absolute atomic E-state index is 0.0863. The molecule has 1 N–H and O–H groups in total. The van der Waals surface area contributed by atoms with Gasteiger partial charge in [-0.05, 0) is 25.5 Å². The molecule has 0 aliphatic carbocycles. The maximum Gasteiger partial charge on any atom is 0.337 e. The van der Waals surface area contributed by atoms with Gasteiger partial charge in [-0.15, -0.1) is 0 Å². The fraction of sp³-hybridized carbons (Fsp3) is 0.333. The summed E-state index contributed by atoms with van der Waals surface area (Å²) >= 11 is 6.26. The van der Waals surface area contributed by atoms with Crippen LogP contribution in [0, 0.1) is 10.1 Å². The highest BCUT2D eigenvalue weighted by atomic mass is 35.5. The molecular formula is C18H19ClN2O6. The SMILES string of the molecule is CC(=O)OCCOC(=O)C1=C(C)NC(C)=C([N+](=O)[O-])C1c1ccccc1Cl. The van der Waals surface area contributed by atoms with Gasteiger partial charge in [-0.1, -0.05) is 29.8 Å². The van der Waals surface area contributed by atoms with Crippen molar-refractivity contribution in [2.75, 3.05) is 13.2 Å². The number of nitro groups is 1. The molecule has 2 rings (SSSR count). The predicted molar refractivity (Wildman–Crippen MR) is 97.3 cm³/mol. The second kappa shape index (κ2) is 8.68. The number of halogens is 1. The minimum atomic E-state index is -0.990. The lowest BCUT2D eigenvalue weighted by Crippen LogP contribution is -2.32. The van der Waals surface area contributed by atoms with Crippen LogP contribution in [0.15, 0.2) is 46.9 Å². The number of hydrogen-bond acceptors (Lipinski definition) is 7. The van der Waals surface area contributed by atoms with Crippen LogP contribution in [0.5, 0.6) is 0 Å². The molecule has 8 nitrogen and oxygen atoms in total. The van der Waals surface area contributed by atoms with E-state index in [4.69, 9.17) is 21.1 Å². The van der Waals surface area contributed by atoms with Crippen LogP contribution >= 0.6 is 11.6 Å². The Morgan fingerprint density at radius 1 is 1.19 bits per heavy atom. The third-order valence-electron chi connectivity index (χ3n) is 3.98. The maximum atomic E-state index is 12.7. The number of ether oxygens (including phenoxy) is 2. The maximum absolute atomic E-state index is 12.7. The largest absolute Gasteiger partial charge is 0.462 e. The smallest absolute Gasteiger partial charge is 0.337 e. The average molecular weight is 395 g/mol. The zero-order valence-electron chi connectivity index (χ0n) is 15.1. The molecule has 1 heterocycles. The van der Waals surface area contributed by atoms with E-state index in [9.17, 15) is 19.7 Å². The number of carbonyl (C=O) groups is 2. The van der Waals surface area contributed by atoms with Crippen LogP contribution in [-0.4, -0.2) is 30.1 Å². The molecule has 0 fully saturated rings. The minimum Gasteiger partial charge on any atom is -0.462 e. The number of rotatable bonds is 6. The first kappa shape index (κ1) is 20.4. The number of nitrogens with one attached hydrogen (secondary N) is 1. The molecule has 0 spiro atoms. The highest BCUT2D eigenvalue weighted by Gasteiger charge is 2.41. The number of allylic oxidation sites excluding steroid dienone is 3. The van der Waals surface area contributed by atoms with Crippen LogP contribution in [0.4, 0.5) is 0 Å². The molecule has 0 saturated heterocycles. The van der Waals surface area contributed by atoms with E-state index in [2.05, 4.69) is 5.32 Å². The van der Waals surface area contributed by atoms with Crippen LogP contribution in [0.3, 0.4) is 0 Å². The van der Waals surface area contributed by atoms with Crippen molar-refractivity contribution in [2.45, 2.75) is 26.7 Å². The van der Waals surface area contributed by atoms with E-state index in [1.807, 2.05) is 0 Å². The third-order valence-corrected chi connectivity index (χ3v) is 4.32. The van der Waals surface area contributed by atoms with Crippen molar-refractivity contribution in [1.82, 2.24) is 5.32 Å². The fourth-order valence-electron chi connectivity index (χ4n) is 2.91. The second-order valence-corrected chi connectivity index (χ2v) is 6.27. The van der Waals surface area contributed by atoms with Crippen molar-refractivity contribution in [3.63, 3.8) is 0 Å². The Balaban J connectivity index is 2.42. The Bertz CT molecular complexity index is 846. The molecule has 0 bridgehead atoms. The van der Waals surface area contributed by atoms with E-state index in [1.54, 1.807) is 38.1 Å². The summed E-state index contributed by atoms with van der Waals surface area (Å²) in [5.41, 5.74) is 1.08. The molecule has 0 radical (unpaired) electrons. The molecule has 1 aromatic rings. The van der Waals surface area contributed by atoms with Crippen molar-refractivity contribution in [1.29, 1.82) is 0 Å². The normalized spacial score (nSPS) is 16.7. The van der Waals surface area contributed by atoms with Crippen molar-refractivity contribution >= 4 is 23.5 Å². The summed E-state index contributed by atoms with van der Waals surface area (Å²) in [4.78, 5) is 34.6. The zero-order valence-corrected chi connectivity index (χ0v) is 15.8. The number of nitrogens with zero attached hydrogens (tertiary/aromatic N) is 1. The summed E-state index contributed by atoms with van der Waals surface area (Å²) < 4.78 is 9.88. The molecule has 1 aliphatic heterocycles. The van der Waals surface area contributed by atoms with E-state index in [0.717, 1.165) is 0 Å². The van der Waals surface area contributed by atoms with Gasteiger partial charge in [-0.3, -0.25) is 14.9 Å². The second-order valence-electron chi connectivity index (χ2n) is 5.86. The van der Waals surface area contributed by atoms with Gasteiger partial charge >= 0.3 is 11.9 Å². The van der Waals surface area contributed by atoms with Gasteiger partial charge in [0.05, 0.1) is 16.2 Å². The van der Waals surface area contributed by atoms with Gasteiger partial charge in [0.2, 0.25) is 0 Å². The van der Waals surface area contributed by atoms with Crippen molar-refractivity contribution in [3.8, 4) is 0 Å². The number of carbonyl (C=O) groups excluding carboxylic acids is 2. The van der Waals surface area contributed by atoms with Gasteiger partial charge in [-0.25, -0.2) is 4.79 Å². The lowest BCUT2D eigenvalue weighted by Gasteiger charge is -2.27. The van der Waals surface area contributed by atoms with Gasteiger partial charge in [0.1, 0.15) is 19.1 Å². The molecular weight excluding hydrogens is 376 g/mol. The van der Waals surface area contributed by atoms with Gasteiger partial charge in [0, 0.05) is 17.6 Å². The summed E-state index contributed by atoms with van der Waals surface area (Å²) in [5.74, 6) is -2.23. The van der Waals surface area contributed by atoms with Crippen LogP contribution in [0.1, 0.15) is 32.3 Å². The Kier molecular flexibility index (Phi) is 6.57. The van der Waals surface area contributed by atoms with E-state index in [1.165, 1.54) is 6.92 Å². The first-order chi connectivity index (χ1) is 12.7. The van der Waals surface area contributed by atoms with Crippen molar-refractivity contribution in [3.05, 3.63) is 67.6 Å². The number of hydrogen-bond donors (Lipinski definition) is 1. The van der Waals surface area contributed by atoms with Crippen LogP contribution in [0.2, 0.25) is 5.02 Å². The average Bonchev–Trinajstić information content (AvgIpc) is 2.57. The molecule has 0 saturated carbocycles. The van der Waals surface area contributed by atoms with E-state index >= 15 is 0 Å². The molecule has 0 aromatic heterocycles. The molecule has 1 aliphatic rings. The Morgan fingerprint density at radius 3 is 2.41 bits per heavy atom. The summed E-state index contributed by atoms with van der Waals surface area (Å²) in [6.07, 6.45) is 0. The topological polar surface area (TPSA) is 108 Å². The van der Waals surface area contributed by atoms with Gasteiger partial charge < -0.3 is 14.8 Å². The summed E-state index contributed by atoms with van der Waals surface area (Å²) in [6, 6.07) is 6.62. The van der Waals surface area contributed by atoms with E-state index in [0.29, 0.717) is 22.0 Å². The molecule has 1 unspecified atom stereocenters. The third kappa shape index (κ3) is 4.65. The molecule has 27 heavy (non-hydrogen) atoms. The summed E-state index contributed by atoms with van der Waals surface area (Å²) in [6.45, 7) is 4.17. The number of esters is 2. The van der Waals surface area contributed by atoms with Crippen LogP contribution < -0.4 is 5.32 Å². The molecule has 144 valence electrons. The first-order valence-corrected chi connectivity index (χ1v) is 8.49. The summed E-state index contributed by atoms with van der Waals surface area (Å²) in [7, 11) is 0. The Morgan fingerprint density at radius 2 is 1.81 bits per heavy atom. The van der Waals surface area contributed by atoms with E-state index < -0.39 is 22.8 Å². The van der Waals surface area contributed by atoms with Gasteiger partial charge in [0.25, 0.3) is 5.70 Å². The lowest BCUT2D eigenvalue weighted by atomic mass is 9.84. The lowest BCUT2D eigenvalue weighted by molar-refractivity contribution is -0.431. The van der Waals surface area contributed by atoms with Gasteiger partial charge in [0.15, 0.2) is 0 Å². The van der Waals surface area contributed by atoms with Crippen LogP contribution in [0.25, 0.3) is 0 Å². The Labute approximate surface area is 160 Å². The molecule has 1 aromatic carbocycles. The standard InChI is InChI=1S/C18H19ClN2O6/c1-10-15(18(23)27-9-8-26-12(3)22)16(13-6-4-5-7-14(13)19)17(21(24)25)11(2)20-10/h4-7,16,20H,8-9H2,1-3H3. The number of dihydropyridines is 1. The van der Waals surface area contributed by atoms with Crippen molar-refractivity contribution < 1.29 is 24.0 Å². The molecule has 0 amide bonds. The molecule has 1 atom stereocenters. The zero-order chi connectivity index (χ0) is 20.1. The molecule has 9 heteroatoms. The van der Waals surface area contributed by atoms with Crippen LogP contribution in [-0.2, 0) is 19.1 Å².